The number of pyridine rings is 1. The number of aryl methyl sites for hydroxylation is 2. The summed E-state index contributed by atoms with van der Waals surface area (Å²) in [5.41, 5.74) is 4.20. The highest BCUT2D eigenvalue weighted by Gasteiger charge is 2.19. The molecule has 4 aromatic heterocycles. The number of hydrogen-bond donors (Lipinski definition) is 3. The van der Waals surface area contributed by atoms with Crippen LogP contribution in [0, 0.1) is 6.92 Å². The van der Waals surface area contributed by atoms with Gasteiger partial charge in [-0.2, -0.15) is 10.2 Å². The number of carbonyl (C=O) groups excluding carboxylic acids is 2. The molecule has 1 saturated heterocycles. The van der Waals surface area contributed by atoms with E-state index in [1.54, 1.807) is 47.0 Å². The summed E-state index contributed by atoms with van der Waals surface area (Å²) >= 11 is 0. The molecule has 0 radical (unpaired) electrons. The Morgan fingerprint density at radius 1 is 1.12 bits per heavy atom. The molecule has 1 fully saturated rings. The fourth-order valence-electron chi connectivity index (χ4n) is 4.05. The van der Waals surface area contributed by atoms with E-state index in [-0.39, 0.29) is 17.9 Å². The van der Waals surface area contributed by atoms with E-state index in [0.717, 1.165) is 24.9 Å². The van der Waals surface area contributed by atoms with Gasteiger partial charge in [-0.15, -0.1) is 0 Å². The van der Waals surface area contributed by atoms with Gasteiger partial charge < -0.3 is 16.0 Å². The predicted molar refractivity (Wildman–Crippen MR) is 126 cm³/mol. The van der Waals surface area contributed by atoms with E-state index >= 15 is 0 Å². The van der Waals surface area contributed by atoms with Gasteiger partial charge in [0.05, 0.1) is 64.8 Å². The Bertz CT molecular complexity index is 1370. The predicted octanol–water partition coefficient (Wildman–Crippen LogP) is 2.17. The number of rotatable bonds is 6. The van der Waals surface area contributed by atoms with Crippen LogP contribution in [0.15, 0.2) is 43.2 Å². The maximum Gasteiger partial charge on any atom is 0.259 e. The third-order valence-electron chi connectivity index (χ3n) is 5.86. The average Bonchev–Trinajstić information content (AvgIpc) is 3.56. The molecule has 2 amide bonds. The van der Waals surface area contributed by atoms with Crippen molar-refractivity contribution in [2.45, 2.75) is 32.2 Å². The van der Waals surface area contributed by atoms with E-state index in [1.165, 1.54) is 6.20 Å². The molecule has 11 nitrogen and oxygen atoms in total. The Morgan fingerprint density at radius 2 is 2.00 bits per heavy atom. The first-order valence-corrected chi connectivity index (χ1v) is 11.1. The maximum atomic E-state index is 13.0. The first-order chi connectivity index (χ1) is 16.5. The standard InChI is InChI=1S/C23H25N9O2/c1-14-19(6-17(9-25-14)29-22(33)7-16-4-3-5-24-16)30-23(34)18-10-28-32-13-20(26-11-21(18)32)15-8-27-31(2)12-15/h6,8-13,16,24H,3-5,7H2,1-2H3,(H,29,33)(H,30,34)/t16-/m0/s1. The van der Waals surface area contributed by atoms with Gasteiger partial charge in [0.25, 0.3) is 5.91 Å². The highest BCUT2D eigenvalue weighted by Crippen LogP contribution is 2.22. The molecule has 174 valence electrons. The lowest BCUT2D eigenvalue weighted by molar-refractivity contribution is -0.116. The quantitative estimate of drug-likeness (QED) is 0.403. The number of aromatic nitrogens is 6. The van der Waals surface area contributed by atoms with Gasteiger partial charge in [0.15, 0.2) is 0 Å². The van der Waals surface area contributed by atoms with Gasteiger partial charge in [-0.3, -0.25) is 24.2 Å². The topological polar surface area (TPSA) is 131 Å². The Morgan fingerprint density at radius 3 is 2.76 bits per heavy atom. The molecule has 3 N–H and O–H groups in total. The zero-order chi connectivity index (χ0) is 23.7. The zero-order valence-corrected chi connectivity index (χ0v) is 18.9. The minimum absolute atomic E-state index is 0.0829. The van der Waals surface area contributed by atoms with Gasteiger partial charge in [0.2, 0.25) is 5.91 Å². The summed E-state index contributed by atoms with van der Waals surface area (Å²) in [7, 11) is 1.84. The largest absolute Gasteiger partial charge is 0.325 e. The molecule has 0 bridgehead atoms. The number of nitrogens with zero attached hydrogens (tertiary/aromatic N) is 6. The summed E-state index contributed by atoms with van der Waals surface area (Å²) in [5, 5.41) is 17.5. The van der Waals surface area contributed by atoms with Crippen molar-refractivity contribution >= 4 is 28.7 Å². The number of carbonyl (C=O) groups is 2. The summed E-state index contributed by atoms with van der Waals surface area (Å²) in [6.07, 6.45) is 12.5. The van der Waals surface area contributed by atoms with E-state index in [0.29, 0.717) is 40.3 Å². The van der Waals surface area contributed by atoms with Gasteiger partial charge in [0.1, 0.15) is 0 Å². The Labute approximate surface area is 195 Å². The van der Waals surface area contributed by atoms with Crippen molar-refractivity contribution in [3.05, 3.63) is 54.5 Å². The van der Waals surface area contributed by atoms with Crippen LogP contribution in [0.25, 0.3) is 16.8 Å². The van der Waals surface area contributed by atoms with Crippen LogP contribution in [0.1, 0.15) is 35.3 Å². The van der Waals surface area contributed by atoms with Crippen molar-refractivity contribution in [2.75, 3.05) is 17.2 Å². The molecule has 0 aromatic carbocycles. The van der Waals surface area contributed by atoms with Crippen molar-refractivity contribution in [3.8, 4) is 11.3 Å². The summed E-state index contributed by atoms with van der Waals surface area (Å²) in [6.45, 7) is 2.74. The van der Waals surface area contributed by atoms with Crippen LogP contribution in [0.5, 0.6) is 0 Å². The highest BCUT2D eigenvalue weighted by molar-refractivity contribution is 6.09. The molecular formula is C23H25N9O2. The Hall–Kier alpha value is -4.12. The van der Waals surface area contributed by atoms with Crippen LogP contribution in [-0.4, -0.2) is 53.8 Å². The Balaban J connectivity index is 1.31. The normalized spacial score (nSPS) is 15.5. The number of hydrogen-bond acceptors (Lipinski definition) is 7. The lowest BCUT2D eigenvalue weighted by Crippen LogP contribution is -2.27. The molecule has 4 aromatic rings. The molecule has 11 heteroatoms. The van der Waals surface area contributed by atoms with E-state index in [2.05, 4.69) is 36.1 Å². The molecule has 0 saturated carbocycles. The summed E-state index contributed by atoms with van der Waals surface area (Å²) in [5.74, 6) is -0.421. The van der Waals surface area contributed by atoms with Crippen LogP contribution in [0.3, 0.4) is 0 Å². The zero-order valence-electron chi connectivity index (χ0n) is 18.9. The lowest BCUT2D eigenvalue weighted by Gasteiger charge is -2.12. The second kappa shape index (κ2) is 9.02. The third kappa shape index (κ3) is 4.50. The van der Waals surface area contributed by atoms with Gasteiger partial charge in [-0.25, -0.2) is 4.52 Å². The van der Waals surface area contributed by atoms with Crippen molar-refractivity contribution in [1.82, 2.24) is 34.7 Å². The van der Waals surface area contributed by atoms with Gasteiger partial charge in [0, 0.05) is 31.3 Å². The number of amides is 2. The van der Waals surface area contributed by atoms with Crippen LogP contribution in [-0.2, 0) is 11.8 Å². The first-order valence-electron chi connectivity index (χ1n) is 11.1. The van der Waals surface area contributed by atoms with E-state index in [1.807, 2.05) is 13.2 Å². The molecule has 5 rings (SSSR count). The van der Waals surface area contributed by atoms with Gasteiger partial charge >= 0.3 is 0 Å². The summed E-state index contributed by atoms with van der Waals surface area (Å²) in [4.78, 5) is 34.2. The fraction of sp³-hybridized carbons (Fsp3) is 0.304. The Kier molecular flexibility index (Phi) is 5.76. The summed E-state index contributed by atoms with van der Waals surface area (Å²) in [6, 6.07) is 1.92. The van der Waals surface area contributed by atoms with Gasteiger partial charge in [-0.1, -0.05) is 0 Å². The molecule has 1 aliphatic heterocycles. The molecule has 5 heterocycles. The molecule has 0 spiro atoms. The number of nitrogens with one attached hydrogen (secondary N) is 3. The molecule has 0 unspecified atom stereocenters. The van der Waals surface area contributed by atoms with Crippen LogP contribution < -0.4 is 16.0 Å². The molecular weight excluding hydrogens is 434 g/mol. The van der Waals surface area contributed by atoms with E-state index in [4.69, 9.17) is 0 Å². The lowest BCUT2D eigenvalue weighted by atomic mass is 10.1. The second-order valence-corrected chi connectivity index (χ2v) is 8.42. The number of fused-ring (bicyclic) bond motifs is 1. The maximum absolute atomic E-state index is 13.0. The van der Waals surface area contributed by atoms with Crippen LogP contribution >= 0.6 is 0 Å². The third-order valence-corrected chi connectivity index (χ3v) is 5.86. The average molecular weight is 460 g/mol. The minimum atomic E-state index is -0.338. The van der Waals surface area contributed by atoms with Crippen molar-refractivity contribution < 1.29 is 9.59 Å². The molecule has 34 heavy (non-hydrogen) atoms. The van der Waals surface area contributed by atoms with Crippen LogP contribution in [0.2, 0.25) is 0 Å². The highest BCUT2D eigenvalue weighted by atomic mass is 16.2. The van der Waals surface area contributed by atoms with Gasteiger partial charge in [-0.05, 0) is 32.4 Å². The molecule has 0 aliphatic carbocycles. The van der Waals surface area contributed by atoms with E-state index < -0.39 is 0 Å². The monoisotopic (exact) mass is 459 g/mol. The fourth-order valence-corrected chi connectivity index (χ4v) is 4.05. The minimum Gasteiger partial charge on any atom is -0.325 e. The van der Waals surface area contributed by atoms with E-state index in [9.17, 15) is 9.59 Å². The SMILES string of the molecule is Cc1ncc(NC(=O)C[C@@H]2CCCN2)cc1NC(=O)c1cnn2cc(-c3cnn(C)c3)ncc12. The smallest absolute Gasteiger partial charge is 0.259 e. The van der Waals surface area contributed by atoms with Crippen molar-refractivity contribution in [3.63, 3.8) is 0 Å². The van der Waals surface area contributed by atoms with Crippen molar-refractivity contribution in [1.29, 1.82) is 0 Å². The van der Waals surface area contributed by atoms with Crippen molar-refractivity contribution in [2.24, 2.45) is 7.05 Å². The first kappa shape index (κ1) is 21.7. The molecule has 1 aliphatic rings. The second-order valence-electron chi connectivity index (χ2n) is 8.42. The number of anilines is 2. The van der Waals surface area contributed by atoms with Crippen LogP contribution in [0.4, 0.5) is 11.4 Å². The molecule has 1 atom stereocenters. The summed E-state index contributed by atoms with van der Waals surface area (Å²) < 4.78 is 3.31.